The lowest BCUT2D eigenvalue weighted by Gasteiger charge is -2.14. The minimum absolute atomic E-state index is 0.129. The Bertz CT molecular complexity index is 752. The largest absolute Gasteiger partial charge is 0.419 e. The molecular weight excluding hydrogens is 294 g/mol. The molecule has 3 rings (SSSR count). The molecule has 3 aromatic rings. The van der Waals surface area contributed by atoms with E-state index in [1.807, 2.05) is 37.3 Å². The fourth-order valence-electron chi connectivity index (χ4n) is 2.26. The zero-order chi connectivity index (χ0) is 16.1. The molecule has 0 unspecified atom stereocenters. The van der Waals surface area contributed by atoms with Crippen LogP contribution in [0, 0.1) is 0 Å². The third-order valence-corrected chi connectivity index (χ3v) is 3.43. The number of carbonyl (C=O) groups is 1. The molecule has 0 fully saturated rings. The zero-order valence-electron chi connectivity index (χ0n) is 12.7. The molecule has 7 nitrogen and oxygen atoms in total. The van der Waals surface area contributed by atoms with E-state index in [-0.39, 0.29) is 18.5 Å². The predicted octanol–water partition coefficient (Wildman–Crippen LogP) is 2.20. The maximum absolute atomic E-state index is 12.3. The van der Waals surface area contributed by atoms with Crippen LogP contribution in [0.15, 0.2) is 53.2 Å². The first-order chi connectivity index (χ1) is 11.3. The molecule has 0 aliphatic carbocycles. The summed E-state index contributed by atoms with van der Waals surface area (Å²) in [7, 11) is 0. The van der Waals surface area contributed by atoms with Crippen molar-refractivity contribution >= 4 is 5.91 Å². The van der Waals surface area contributed by atoms with E-state index in [4.69, 9.17) is 4.42 Å². The van der Waals surface area contributed by atoms with Crippen LogP contribution in [0.1, 0.15) is 25.3 Å². The summed E-state index contributed by atoms with van der Waals surface area (Å²) in [5, 5.41) is 14.9. The molecule has 0 saturated carbocycles. The molecule has 23 heavy (non-hydrogen) atoms. The van der Waals surface area contributed by atoms with Crippen molar-refractivity contribution in [2.75, 3.05) is 0 Å². The second-order valence-electron chi connectivity index (χ2n) is 4.99. The zero-order valence-corrected chi connectivity index (χ0v) is 12.7. The number of nitrogens with one attached hydrogen (secondary N) is 1. The number of nitrogens with zero attached hydrogens (tertiary/aromatic N) is 4. The Labute approximate surface area is 133 Å². The molecule has 0 radical (unpaired) electrons. The van der Waals surface area contributed by atoms with Crippen molar-refractivity contribution in [1.82, 2.24) is 25.3 Å². The van der Waals surface area contributed by atoms with Crippen LogP contribution in [-0.4, -0.2) is 25.9 Å². The fraction of sp³-hybridized carbons (Fsp3) is 0.250. The molecule has 1 amide bonds. The number of hydrogen-bond acceptors (Lipinski definition) is 5. The fourth-order valence-corrected chi connectivity index (χ4v) is 2.26. The van der Waals surface area contributed by atoms with Crippen LogP contribution in [0.25, 0.3) is 11.5 Å². The Kier molecular flexibility index (Phi) is 4.46. The van der Waals surface area contributed by atoms with Gasteiger partial charge in [0.2, 0.25) is 17.7 Å². The highest BCUT2D eigenvalue weighted by atomic mass is 16.4. The minimum atomic E-state index is -0.346. The second-order valence-corrected chi connectivity index (χ2v) is 4.99. The van der Waals surface area contributed by atoms with Crippen molar-refractivity contribution in [3.63, 3.8) is 0 Å². The molecule has 1 N–H and O–H groups in total. The molecule has 0 aliphatic heterocycles. The van der Waals surface area contributed by atoms with Gasteiger partial charge in [-0.3, -0.25) is 9.48 Å². The topological polar surface area (TPSA) is 85.8 Å². The minimum Gasteiger partial charge on any atom is -0.419 e. The summed E-state index contributed by atoms with van der Waals surface area (Å²) in [5.74, 6) is 0.678. The van der Waals surface area contributed by atoms with Crippen LogP contribution in [0.5, 0.6) is 0 Å². The summed E-state index contributed by atoms with van der Waals surface area (Å²) in [5.41, 5.74) is 0.848. The highest BCUT2D eigenvalue weighted by Crippen LogP contribution is 2.17. The average molecular weight is 311 g/mol. The SMILES string of the molecule is CC[C@@H](C(=O)NCc1nnc(-c2ccccc2)o1)n1cccn1. The van der Waals surface area contributed by atoms with Gasteiger partial charge in [-0.15, -0.1) is 10.2 Å². The second kappa shape index (κ2) is 6.87. The number of benzene rings is 1. The van der Waals surface area contributed by atoms with Crippen molar-refractivity contribution in [3.05, 3.63) is 54.7 Å². The van der Waals surface area contributed by atoms with Crippen molar-refractivity contribution < 1.29 is 9.21 Å². The van der Waals surface area contributed by atoms with Gasteiger partial charge in [0.25, 0.3) is 0 Å². The molecule has 0 bridgehead atoms. The molecule has 2 heterocycles. The lowest BCUT2D eigenvalue weighted by Crippen LogP contribution is -2.32. The Balaban J connectivity index is 1.62. The van der Waals surface area contributed by atoms with Crippen LogP contribution < -0.4 is 5.32 Å². The first-order valence-electron chi connectivity index (χ1n) is 7.42. The lowest BCUT2D eigenvalue weighted by molar-refractivity contribution is -0.125. The summed E-state index contributed by atoms with van der Waals surface area (Å²) in [6.45, 7) is 2.13. The van der Waals surface area contributed by atoms with Crippen molar-refractivity contribution in [1.29, 1.82) is 0 Å². The molecule has 1 aromatic carbocycles. The van der Waals surface area contributed by atoms with Gasteiger partial charge in [-0.1, -0.05) is 25.1 Å². The van der Waals surface area contributed by atoms with Crippen LogP contribution in [0.4, 0.5) is 0 Å². The molecule has 1 atom stereocenters. The van der Waals surface area contributed by atoms with E-state index >= 15 is 0 Å². The van der Waals surface area contributed by atoms with Gasteiger partial charge in [0.05, 0.1) is 6.54 Å². The first-order valence-corrected chi connectivity index (χ1v) is 7.42. The normalized spacial score (nSPS) is 12.0. The summed E-state index contributed by atoms with van der Waals surface area (Å²) in [6, 6.07) is 10.9. The summed E-state index contributed by atoms with van der Waals surface area (Å²) in [4.78, 5) is 12.3. The van der Waals surface area contributed by atoms with Gasteiger partial charge in [0, 0.05) is 18.0 Å². The standard InChI is InChI=1S/C16H17N5O2/c1-2-13(21-10-6-9-18-21)15(22)17-11-14-19-20-16(23-14)12-7-4-3-5-8-12/h3-10,13H,2,11H2,1H3,(H,17,22)/t13-/m0/s1. The third-order valence-electron chi connectivity index (χ3n) is 3.43. The van der Waals surface area contributed by atoms with E-state index in [1.54, 1.807) is 23.1 Å². The molecule has 7 heteroatoms. The van der Waals surface area contributed by atoms with Gasteiger partial charge in [-0.2, -0.15) is 5.10 Å². The summed E-state index contributed by atoms with van der Waals surface area (Å²) in [6.07, 6.45) is 4.07. The van der Waals surface area contributed by atoms with Crippen LogP contribution in [-0.2, 0) is 11.3 Å². The molecule has 0 spiro atoms. The average Bonchev–Trinajstić information content (AvgIpc) is 3.26. The highest BCUT2D eigenvalue weighted by Gasteiger charge is 2.19. The molecule has 2 aromatic heterocycles. The molecule has 0 aliphatic rings. The Morgan fingerprint density at radius 3 is 2.78 bits per heavy atom. The summed E-state index contributed by atoms with van der Waals surface area (Å²) < 4.78 is 7.20. The van der Waals surface area contributed by atoms with Gasteiger partial charge >= 0.3 is 0 Å². The van der Waals surface area contributed by atoms with E-state index in [0.29, 0.717) is 18.2 Å². The predicted molar refractivity (Wildman–Crippen MR) is 83.1 cm³/mol. The number of carbonyl (C=O) groups excluding carboxylic acids is 1. The molecule has 118 valence electrons. The van der Waals surface area contributed by atoms with Gasteiger partial charge in [-0.05, 0) is 24.6 Å². The number of rotatable bonds is 6. The Morgan fingerprint density at radius 1 is 1.26 bits per heavy atom. The Hall–Kier alpha value is -2.96. The quantitative estimate of drug-likeness (QED) is 0.754. The van der Waals surface area contributed by atoms with Crippen molar-refractivity contribution in [2.24, 2.45) is 0 Å². The van der Waals surface area contributed by atoms with E-state index < -0.39 is 0 Å². The third kappa shape index (κ3) is 3.45. The van der Waals surface area contributed by atoms with Crippen LogP contribution >= 0.6 is 0 Å². The van der Waals surface area contributed by atoms with Gasteiger partial charge in [0.15, 0.2) is 0 Å². The number of aromatic nitrogens is 4. The van der Waals surface area contributed by atoms with Gasteiger partial charge < -0.3 is 9.73 Å². The van der Waals surface area contributed by atoms with E-state index in [0.717, 1.165) is 5.56 Å². The van der Waals surface area contributed by atoms with E-state index in [1.165, 1.54) is 0 Å². The maximum atomic E-state index is 12.3. The van der Waals surface area contributed by atoms with Crippen LogP contribution in [0.3, 0.4) is 0 Å². The number of amides is 1. The lowest BCUT2D eigenvalue weighted by atomic mass is 10.2. The monoisotopic (exact) mass is 311 g/mol. The van der Waals surface area contributed by atoms with Crippen LogP contribution in [0.2, 0.25) is 0 Å². The highest BCUT2D eigenvalue weighted by molar-refractivity contribution is 5.79. The van der Waals surface area contributed by atoms with E-state index in [9.17, 15) is 4.79 Å². The van der Waals surface area contributed by atoms with E-state index in [2.05, 4.69) is 20.6 Å². The smallest absolute Gasteiger partial charge is 0.247 e. The summed E-state index contributed by atoms with van der Waals surface area (Å²) >= 11 is 0. The molecule has 0 saturated heterocycles. The van der Waals surface area contributed by atoms with Gasteiger partial charge in [-0.25, -0.2) is 0 Å². The van der Waals surface area contributed by atoms with Crippen molar-refractivity contribution in [3.8, 4) is 11.5 Å². The van der Waals surface area contributed by atoms with Crippen molar-refractivity contribution in [2.45, 2.75) is 25.9 Å². The number of hydrogen-bond donors (Lipinski definition) is 1. The first kappa shape index (κ1) is 15.0. The van der Waals surface area contributed by atoms with Gasteiger partial charge in [0.1, 0.15) is 6.04 Å². The molecular formula is C16H17N5O2. The Morgan fingerprint density at radius 2 is 2.09 bits per heavy atom. The maximum Gasteiger partial charge on any atom is 0.247 e.